The minimum Gasteiger partial charge on any atom is -0.400 e. The van der Waals surface area contributed by atoms with E-state index in [0.717, 1.165) is 7.11 Å². The molecule has 0 fully saturated rings. The summed E-state index contributed by atoms with van der Waals surface area (Å²) >= 11 is 0. The van der Waals surface area contributed by atoms with Gasteiger partial charge in [-0.3, -0.25) is 9.59 Å². The Morgan fingerprint density at radius 2 is 1.50 bits per heavy atom. The van der Waals surface area contributed by atoms with E-state index < -0.39 is 0 Å². The highest BCUT2D eigenvalue weighted by Crippen LogP contribution is 1.99. The highest BCUT2D eigenvalue weighted by atomic mass is 16.2. The third-order valence-electron chi connectivity index (χ3n) is 1.18. The molecule has 0 radical (unpaired) electrons. The van der Waals surface area contributed by atoms with Gasteiger partial charge in [0.1, 0.15) is 12.6 Å². The zero-order valence-electron chi connectivity index (χ0n) is 6.73. The molecule has 64 valence electrons. The van der Waals surface area contributed by atoms with Gasteiger partial charge in [-0.25, -0.2) is 0 Å². The van der Waals surface area contributed by atoms with E-state index in [4.69, 9.17) is 5.11 Å². The van der Waals surface area contributed by atoms with E-state index in [-0.39, 0.29) is 0 Å². The van der Waals surface area contributed by atoms with Gasteiger partial charge in [-0.2, -0.15) is 0 Å². The summed E-state index contributed by atoms with van der Waals surface area (Å²) in [5.74, 6) is 0. The fourth-order valence-electron chi connectivity index (χ4n) is 0.706. The van der Waals surface area contributed by atoms with E-state index in [1.165, 1.54) is 0 Å². The molecule has 1 N–H and O–H groups in total. The molecule has 1 aromatic carbocycles. The predicted octanol–water partition coefficient (Wildman–Crippen LogP) is 0.920. The largest absolute Gasteiger partial charge is 0.400 e. The van der Waals surface area contributed by atoms with Crippen molar-refractivity contribution >= 4 is 12.6 Å². The molecule has 0 unspecified atom stereocenters. The third kappa shape index (κ3) is 3.07. The van der Waals surface area contributed by atoms with E-state index in [1.807, 2.05) is 0 Å². The second kappa shape index (κ2) is 6.24. The Kier molecular flexibility index (Phi) is 5.47. The van der Waals surface area contributed by atoms with Crippen molar-refractivity contribution in [1.82, 2.24) is 0 Å². The van der Waals surface area contributed by atoms with Crippen LogP contribution in [0.15, 0.2) is 24.3 Å². The maximum atomic E-state index is 10.2. The number of carbonyl (C=O) groups excluding carboxylic acids is 2. The van der Waals surface area contributed by atoms with Crippen molar-refractivity contribution in [3.8, 4) is 0 Å². The van der Waals surface area contributed by atoms with Crippen molar-refractivity contribution in [2.75, 3.05) is 7.11 Å². The minimum absolute atomic E-state index is 0.532. The number of aliphatic hydroxyl groups is 1. The van der Waals surface area contributed by atoms with Crippen LogP contribution in [0, 0.1) is 0 Å². The van der Waals surface area contributed by atoms with Crippen molar-refractivity contribution in [3.63, 3.8) is 0 Å². The van der Waals surface area contributed by atoms with Gasteiger partial charge in [-0.15, -0.1) is 0 Å². The van der Waals surface area contributed by atoms with E-state index in [9.17, 15) is 9.59 Å². The fourth-order valence-corrected chi connectivity index (χ4v) is 0.706. The van der Waals surface area contributed by atoms with Gasteiger partial charge in [-0.05, 0) is 6.07 Å². The van der Waals surface area contributed by atoms with Crippen LogP contribution in [0.1, 0.15) is 20.7 Å². The molecular formula is C9H10O3. The van der Waals surface area contributed by atoms with Crippen LogP contribution in [0.3, 0.4) is 0 Å². The molecule has 12 heavy (non-hydrogen) atoms. The summed E-state index contributed by atoms with van der Waals surface area (Å²) in [5, 5.41) is 7.00. The summed E-state index contributed by atoms with van der Waals surface area (Å²) in [5.41, 5.74) is 1.06. The second-order valence-electron chi connectivity index (χ2n) is 1.91. The summed E-state index contributed by atoms with van der Waals surface area (Å²) in [4.78, 5) is 20.3. The zero-order chi connectivity index (χ0) is 9.40. The molecule has 1 aromatic rings. The van der Waals surface area contributed by atoms with Gasteiger partial charge < -0.3 is 5.11 Å². The zero-order valence-corrected chi connectivity index (χ0v) is 6.73. The van der Waals surface area contributed by atoms with E-state index in [2.05, 4.69) is 0 Å². The number of aldehydes is 2. The number of carbonyl (C=O) groups is 2. The molecule has 0 aliphatic rings. The van der Waals surface area contributed by atoms with Crippen LogP contribution in [-0.4, -0.2) is 24.8 Å². The van der Waals surface area contributed by atoms with Gasteiger partial charge in [0.2, 0.25) is 0 Å². The lowest BCUT2D eigenvalue weighted by Crippen LogP contribution is -1.82. The minimum atomic E-state index is 0.532. The number of hydrogen-bond donors (Lipinski definition) is 1. The first kappa shape index (κ1) is 10.5. The highest BCUT2D eigenvalue weighted by Gasteiger charge is 1.90. The quantitative estimate of drug-likeness (QED) is 0.664. The first-order chi connectivity index (χ1) is 5.86. The lowest BCUT2D eigenvalue weighted by molar-refractivity contribution is 0.112. The van der Waals surface area contributed by atoms with E-state index in [1.54, 1.807) is 24.3 Å². The maximum Gasteiger partial charge on any atom is 0.150 e. The summed E-state index contributed by atoms with van der Waals surface area (Å²) < 4.78 is 0. The molecule has 0 aromatic heterocycles. The Morgan fingerprint density at radius 3 is 1.83 bits per heavy atom. The molecule has 0 saturated carbocycles. The van der Waals surface area contributed by atoms with Gasteiger partial charge in [-0.1, -0.05) is 18.2 Å². The molecule has 0 aliphatic heterocycles. The molecule has 1 rings (SSSR count). The highest BCUT2D eigenvalue weighted by molar-refractivity contribution is 5.81. The standard InChI is InChI=1S/C8H6O2.CH4O/c9-5-7-2-1-3-8(4-7)6-10;1-2/h1-6H;2H,1H3. The Morgan fingerprint density at radius 1 is 1.08 bits per heavy atom. The Labute approximate surface area is 70.6 Å². The number of benzene rings is 1. The lowest BCUT2D eigenvalue weighted by Gasteiger charge is -1.89. The molecular weight excluding hydrogens is 156 g/mol. The van der Waals surface area contributed by atoms with E-state index >= 15 is 0 Å². The van der Waals surface area contributed by atoms with Gasteiger partial charge in [0.25, 0.3) is 0 Å². The fraction of sp³-hybridized carbons (Fsp3) is 0.111. The smallest absolute Gasteiger partial charge is 0.150 e. The third-order valence-corrected chi connectivity index (χ3v) is 1.18. The molecule has 0 bridgehead atoms. The Hall–Kier alpha value is -1.48. The summed E-state index contributed by atoms with van der Waals surface area (Å²) in [6.07, 6.45) is 1.43. The lowest BCUT2D eigenvalue weighted by atomic mass is 10.2. The molecule has 0 heterocycles. The van der Waals surface area contributed by atoms with Gasteiger partial charge in [0, 0.05) is 18.2 Å². The van der Waals surface area contributed by atoms with Gasteiger partial charge >= 0.3 is 0 Å². The normalized spacial score (nSPS) is 7.83. The van der Waals surface area contributed by atoms with Gasteiger partial charge in [0.05, 0.1) is 0 Å². The first-order valence-corrected chi connectivity index (χ1v) is 3.32. The van der Waals surface area contributed by atoms with Crippen LogP contribution in [0.2, 0.25) is 0 Å². The monoisotopic (exact) mass is 166 g/mol. The van der Waals surface area contributed by atoms with Crippen LogP contribution in [0.25, 0.3) is 0 Å². The summed E-state index contributed by atoms with van der Waals surface area (Å²) in [6.45, 7) is 0. The molecule has 3 nitrogen and oxygen atoms in total. The van der Waals surface area contributed by atoms with Crippen LogP contribution in [0.4, 0.5) is 0 Å². The average molecular weight is 166 g/mol. The van der Waals surface area contributed by atoms with Crippen molar-refractivity contribution < 1.29 is 14.7 Å². The first-order valence-electron chi connectivity index (χ1n) is 3.32. The average Bonchev–Trinajstić information content (AvgIpc) is 2.21. The van der Waals surface area contributed by atoms with Crippen molar-refractivity contribution in [1.29, 1.82) is 0 Å². The molecule has 0 atom stereocenters. The molecule has 0 spiro atoms. The second-order valence-corrected chi connectivity index (χ2v) is 1.91. The molecule has 0 aliphatic carbocycles. The molecule has 3 heteroatoms. The number of aliphatic hydroxyl groups excluding tert-OH is 1. The van der Waals surface area contributed by atoms with Gasteiger partial charge in [0.15, 0.2) is 0 Å². The van der Waals surface area contributed by atoms with Crippen LogP contribution in [0.5, 0.6) is 0 Å². The Bertz CT molecular complexity index is 232. The molecule has 0 amide bonds. The SMILES string of the molecule is CO.O=Cc1cccc(C=O)c1. The summed E-state index contributed by atoms with van der Waals surface area (Å²) in [7, 11) is 1.00. The van der Waals surface area contributed by atoms with Crippen molar-refractivity contribution in [2.45, 2.75) is 0 Å². The predicted molar refractivity (Wildman–Crippen MR) is 45.4 cm³/mol. The number of rotatable bonds is 2. The summed E-state index contributed by atoms with van der Waals surface area (Å²) in [6, 6.07) is 6.52. The van der Waals surface area contributed by atoms with Crippen molar-refractivity contribution in [3.05, 3.63) is 35.4 Å². The van der Waals surface area contributed by atoms with Crippen LogP contribution >= 0.6 is 0 Å². The number of hydrogen-bond acceptors (Lipinski definition) is 3. The maximum absolute atomic E-state index is 10.2. The van der Waals surface area contributed by atoms with E-state index in [0.29, 0.717) is 23.7 Å². The van der Waals surface area contributed by atoms with Crippen LogP contribution < -0.4 is 0 Å². The van der Waals surface area contributed by atoms with Crippen molar-refractivity contribution in [2.24, 2.45) is 0 Å². The van der Waals surface area contributed by atoms with Crippen LogP contribution in [-0.2, 0) is 0 Å². The topological polar surface area (TPSA) is 54.4 Å². The molecule has 0 saturated heterocycles. The Balaban J connectivity index is 0.000000561.